The number of benzene rings is 1. The normalized spacial score (nSPS) is 22.1. The molecule has 1 spiro atoms. The average molecular weight is 277 g/mol. The van der Waals surface area contributed by atoms with Gasteiger partial charge in [-0.15, -0.1) is 0 Å². The van der Waals surface area contributed by atoms with Gasteiger partial charge in [0.15, 0.2) is 0 Å². The molecule has 3 rings (SSSR count). The molecule has 2 aliphatic heterocycles. The van der Waals surface area contributed by atoms with Crippen molar-refractivity contribution >= 4 is 16.8 Å². The maximum Gasteiger partial charge on any atom is 0.126 e. The summed E-state index contributed by atoms with van der Waals surface area (Å²) in [6.45, 7) is 2.26. The van der Waals surface area contributed by atoms with E-state index in [2.05, 4.69) is 34.6 Å². The van der Waals surface area contributed by atoms with Crippen molar-refractivity contribution in [2.75, 3.05) is 27.2 Å². The predicted octanol–water partition coefficient (Wildman–Crippen LogP) is 2.12. The molecule has 2 aliphatic rings. The van der Waals surface area contributed by atoms with Crippen molar-refractivity contribution < 1.29 is 4.74 Å². The molecule has 0 atom stereocenters. The van der Waals surface area contributed by atoms with Gasteiger partial charge < -0.3 is 9.64 Å². The van der Waals surface area contributed by atoms with Crippen molar-refractivity contribution in [2.45, 2.75) is 17.7 Å². The van der Waals surface area contributed by atoms with Crippen molar-refractivity contribution in [1.29, 1.82) is 0 Å². The third-order valence-electron chi connectivity index (χ3n) is 3.78. The molecule has 0 radical (unpaired) electrons. The monoisotopic (exact) mass is 277 g/mol. The first kappa shape index (κ1) is 12.8. The van der Waals surface area contributed by atoms with Gasteiger partial charge in [-0.3, -0.25) is 5.43 Å². The zero-order valence-corrected chi connectivity index (χ0v) is 12.2. The van der Waals surface area contributed by atoms with Crippen LogP contribution < -0.4 is 10.2 Å². The summed E-state index contributed by atoms with van der Waals surface area (Å²) >= 11 is 1.87. The second-order valence-electron chi connectivity index (χ2n) is 5.16. The third kappa shape index (κ3) is 2.58. The highest BCUT2D eigenvalue weighted by molar-refractivity contribution is 8.15. The highest BCUT2D eigenvalue weighted by Crippen LogP contribution is 2.39. The molecule has 1 aromatic carbocycles. The molecule has 2 heterocycles. The maximum absolute atomic E-state index is 5.19. The number of rotatable bonds is 2. The van der Waals surface area contributed by atoms with Crippen LogP contribution in [0.25, 0.3) is 0 Å². The van der Waals surface area contributed by atoms with E-state index in [9.17, 15) is 0 Å². The van der Waals surface area contributed by atoms with Gasteiger partial charge in [0.2, 0.25) is 0 Å². The molecule has 1 N–H and O–H groups in total. The Labute approximate surface area is 118 Å². The molecule has 0 bridgehead atoms. The number of hydrazone groups is 1. The Balaban J connectivity index is 1.70. The Hall–Kier alpha value is -1.20. The van der Waals surface area contributed by atoms with Crippen LogP contribution in [0.5, 0.6) is 5.75 Å². The summed E-state index contributed by atoms with van der Waals surface area (Å²) in [6, 6.07) is 8.11. The predicted molar refractivity (Wildman–Crippen MR) is 79.7 cm³/mol. The zero-order chi connectivity index (χ0) is 13.3. The largest absolute Gasteiger partial charge is 0.497 e. The van der Waals surface area contributed by atoms with E-state index in [1.54, 1.807) is 7.11 Å². The summed E-state index contributed by atoms with van der Waals surface area (Å²) in [6.07, 6.45) is 2.27. The topological polar surface area (TPSA) is 36.9 Å². The van der Waals surface area contributed by atoms with E-state index in [4.69, 9.17) is 4.74 Å². The van der Waals surface area contributed by atoms with Crippen LogP contribution in [-0.2, 0) is 0 Å². The van der Waals surface area contributed by atoms with Gasteiger partial charge >= 0.3 is 0 Å². The van der Waals surface area contributed by atoms with Gasteiger partial charge in [-0.25, -0.2) is 0 Å². The first-order valence-electron chi connectivity index (χ1n) is 6.58. The van der Waals surface area contributed by atoms with Crippen LogP contribution in [0.3, 0.4) is 0 Å². The van der Waals surface area contributed by atoms with Crippen LogP contribution in [0.2, 0.25) is 0 Å². The molecular formula is C14H19N3OS. The Kier molecular flexibility index (Phi) is 3.41. The van der Waals surface area contributed by atoms with Crippen molar-refractivity contribution in [3.63, 3.8) is 0 Å². The number of nitrogens with one attached hydrogen (secondary N) is 1. The van der Waals surface area contributed by atoms with Crippen molar-refractivity contribution in [2.24, 2.45) is 5.10 Å². The lowest BCUT2D eigenvalue weighted by Crippen LogP contribution is -2.46. The lowest BCUT2D eigenvalue weighted by molar-refractivity contribution is 0.221. The number of nitrogens with zero attached hydrogens (tertiary/aromatic N) is 2. The fraction of sp³-hybridized carbons (Fsp3) is 0.500. The number of hydrogen-bond acceptors (Lipinski definition) is 5. The minimum atomic E-state index is 0.113. The molecule has 0 aliphatic carbocycles. The Bertz CT molecular complexity index is 478. The van der Waals surface area contributed by atoms with Gasteiger partial charge in [0, 0.05) is 18.7 Å². The number of ether oxygens (including phenoxy) is 1. The molecule has 4 nitrogen and oxygen atoms in total. The SMILES string of the molecule is COc1ccc(C2=NNC3(CCN(C)CC3)S2)cc1. The van der Waals surface area contributed by atoms with Crippen LogP contribution in [-0.4, -0.2) is 42.1 Å². The molecule has 1 saturated heterocycles. The van der Waals surface area contributed by atoms with Gasteiger partial charge in [-0.05, 0) is 44.2 Å². The Morgan fingerprint density at radius 2 is 1.95 bits per heavy atom. The van der Waals surface area contributed by atoms with E-state index in [1.165, 1.54) is 0 Å². The standard InChI is InChI=1S/C14H19N3OS/c1-17-9-7-14(8-10-17)16-15-13(19-14)11-3-5-12(18-2)6-4-11/h3-6,16H,7-10H2,1-2H3. The van der Waals surface area contributed by atoms with Crippen LogP contribution in [0.1, 0.15) is 18.4 Å². The summed E-state index contributed by atoms with van der Waals surface area (Å²) in [5.74, 6) is 0.884. The van der Waals surface area contributed by atoms with Crippen molar-refractivity contribution in [3.8, 4) is 5.75 Å². The van der Waals surface area contributed by atoms with Crippen LogP contribution in [0.15, 0.2) is 29.4 Å². The highest BCUT2D eigenvalue weighted by atomic mass is 32.2. The van der Waals surface area contributed by atoms with Crippen LogP contribution in [0.4, 0.5) is 0 Å². The molecule has 0 unspecified atom stereocenters. The summed E-state index contributed by atoms with van der Waals surface area (Å²) in [5.41, 5.74) is 4.52. The number of hydrogen-bond donors (Lipinski definition) is 1. The molecule has 0 saturated carbocycles. The van der Waals surface area contributed by atoms with Crippen molar-refractivity contribution in [3.05, 3.63) is 29.8 Å². The third-order valence-corrected chi connectivity index (χ3v) is 5.20. The van der Waals surface area contributed by atoms with Crippen LogP contribution in [0, 0.1) is 0 Å². The van der Waals surface area contributed by atoms with Gasteiger partial charge in [-0.2, -0.15) is 5.10 Å². The van der Waals surface area contributed by atoms with E-state index >= 15 is 0 Å². The number of thioether (sulfide) groups is 1. The molecule has 0 aromatic heterocycles. The number of methoxy groups -OCH3 is 1. The molecule has 19 heavy (non-hydrogen) atoms. The summed E-state index contributed by atoms with van der Waals surface area (Å²) < 4.78 is 5.19. The van der Waals surface area contributed by atoms with E-state index in [-0.39, 0.29) is 4.87 Å². The Morgan fingerprint density at radius 3 is 2.58 bits per heavy atom. The fourth-order valence-electron chi connectivity index (χ4n) is 2.43. The van der Waals surface area contributed by atoms with E-state index in [0.29, 0.717) is 0 Å². The fourth-order valence-corrected chi connectivity index (χ4v) is 3.63. The lowest BCUT2D eigenvalue weighted by Gasteiger charge is -2.36. The average Bonchev–Trinajstić information content (AvgIpc) is 2.87. The lowest BCUT2D eigenvalue weighted by atomic mass is 10.1. The minimum absolute atomic E-state index is 0.113. The van der Waals surface area contributed by atoms with Crippen LogP contribution >= 0.6 is 11.8 Å². The molecule has 5 heteroatoms. The van der Waals surface area contributed by atoms with E-state index < -0.39 is 0 Å². The Morgan fingerprint density at radius 1 is 1.26 bits per heavy atom. The van der Waals surface area contributed by atoms with Gasteiger partial charge in [0.25, 0.3) is 0 Å². The highest BCUT2D eigenvalue weighted by Gasteiger charge is 2.39. The minimum Gasteiger partial charge on any atom is -0.497 e. The van der Waals surface area contributed by atoms with Crippen molar-refractivity contribution in [1.82, 2.24) is 10.3 Å². The molecule has 0 amide bonds. The zero-order valence-electron chi connectivity index (χ0n) is 11.3. The number of likely N-dealkylation sites (tertiary alicyclic amines) is 1. The van der Waals surface area contributed by atoms with Gasteiger partial charge in [0.1, 0.15) is 15.7 Å². The molecule has 102 valence electrons. The first-order chi connectivity index (χ1) is 9.21. The first-order valence-corrected chi connectivity index (χ1v) is 7.39. The molecule has 1 fully saturated rings. The second kappa shape index (κ2) is 5.06. The molecular weight excluding hydrogens is 258 g/mol. The summed E-state index contributed by atoms with van der Waals surface area (Å²) in [4.78, 5) is 2.49. The maximum atomic E-state index is 5.19. The smallest absolute Gasteiger partial charge is 0.126 e. The van der Waals surface area contributed by atoms with Gasteiger partial charge in [0.05, 0.1) is 7.11 Å². The van der Waals surface area contributed by atoms with E-state index in [1.807, 2.05) is 23.9 Å². The molecule has 1 aromatic rings. The second-order valence-corrected chi connectivity index (χ2v) is 6.53. The van der Waals surface area contributed by atoms with E-state index in [0.717, 1.165) is 42.3 Å². The quantitative estimate of drug-likeness (QED) is 0.898. The number of piperidine rings is 1. The van der Waals surface area contributed by atoms with Gasteiger partial charge in [-0.1, -0.05) is 11.8 Å². The summed E-state index contributed by atoms with van der Waals surface area (Å²) in [7, 11) is 3.86. The summed E-state index contributed by atoms with van der Waals surface area (Å²) in [5, 5.41) is 5.62.